The number of primary amides is 1. The Kier molecular flexibility index (Phi) is 2.41. The Hall–Kier alpha value is -1.51. The first-order chi connectivity index (χ1) is 7.44. The van der Waals surface area contributed by atoms with Crippen LogP contribution in [-0.2, 0) is 11.2 Å². The van der Waals surface area contributed by atoms with Crippen molar-refractivity contribution < 1.29 is 4.79 Å². The number of hydrogen-bond donors (Lipinski definition) is 1. The maximum Gasteiger partial charge on any atom is 0.242 e. The molecule has 2 N–H and O–H groups in total. The third kappa shape index (κ3) is 1.47. The van der Waals surface area contributed by atoms with E-state index in [9.17, 15) is 4.79 Å². The summed E-state index contributed by atoms with van der Waals surface area (Å²) in [6.07, 6.45) is 0.979. The number of hydrogen-bond acceptors (Lipinski definition) is 2. The van der Waals surface area contributed by atoms with Crippen molar-refractivity contribution in [3.05, 3.63) is 29.8 Å². The van der Waals surface area contributed by atoms with Gasteiger partial charge in [-0.25, -0.2) is 0 Å². The highest BCUT2D eigenvalue weighted by molar-refractivity contribution is 5.88. The molecule has 0 fully saturated rings. The molecule has 86 valence electrons. The largest absolute Gasteiger partial charge is 0.368 e. The lowest BCUT2D eigenvalue weighted by molar-refractivity contribution is -0.122. The Morgan fingerprint density at radius 1 is 1.44 bits per heavy atom. The Morgan fingerprint density at radius 2 is 2.06 bits per heavy atom. The molecule has 1 aliphatic rings. The van der Waals surface area contributed by atoms with Crippen molar-refractivity contribution in [2.75, 3.05) is 4.90 Å². The molecule has 1 unspecified atom stereocenters. The van der Waals surface area contributed by atoms with Crippen LogP contribution >= 0.6 is 0 Å². The third-order valence-corrected chi connectivity index (χ3v) is 3.41. The smallest absolute Gasteiger partial charge is 0.242 e. The van der Waals surface area contributed by atoms with Crippen LogP contribution in [0.5, 0.6) is 0 Å². The average molecular weight is 218 g/mol. The minimum atomic E-state index is -0.633. The highest BCUT2D eigenvalue weighted by Crippen LogP contribution is 2.37. The van der Waals surface area contributed by atoms with E-state index in [-0.39, 0.29) is 5.91 Å². The molecule has 1 aliphatic heterocycles. The molecular weight excluding hydrogens is 200 g/mol. The number of nitrogens with two attached hydrogens (primary N) is 1. The summed E-state index contributed by atoms with van der Waals surface area (Å²) in [5, 5.41) is 0. The molecule has 16 heavy (non-hydrogen) atoms. The highest BCUT2D eigenvalue weighted by Gasteiger charge is 2.40. The first kappa shape index (κ1) is 11.0. The van der Waals surface area contributed by atoms with Gasteiger partial charge in [-0.05, 0) is 38.8 Å². The fraction of sp³-hybridized carbons (Fsp3) is 0.462. The van der Waals surface area contributed by atoms with Gasteiger partial charge >= 0.3 is 0 Å². The normalized spacial score (nSPS) is 19.7. The lowest BCUT2D eigenvalue weighted by Gasteiger charge is -2.38. The zero-order valence-corrected chi connectivity index (χ0v) is 10.0. The lowest BCUT2D eigenvalue weighted by atomic mass is 10.0. The monoisotopic (exact) mass is 218 g/mol. The van der Waals surface area contributed by atoms with Crippen LogP contribution in [0.4, 0.5) is 5.69 Å². The molecule has 3 heteroatoms. The Labute approximate surface area is 96.2 Å². The molecule has 0 aliphatic carbocycles. The van der Waals surface area contributed by atoms with E-state index < -0.39 is 5.54 Å². The summed E-state index contributed by atoms with van der Waals surface area (Å²) in [7, 11) is 0. The summed E-state index contributed by atoms with van der Waals surface area (Å²) in [4.78, 5) is 13.7. The number of fused-ring (bicyclic) bond motifs is 1. The van der Waals surface area contributed by atoms with Gasteiger partial charge in [0.25, 0.3) is 0 Å². The predicted molar refractivity (Wildman–Crippen MR) is 65.4 cm³/mol. The van der Waals surface area contributed by atoms with Gasteiger partial charge in [0, 0.05) is 11.7 Å². The second-order valence-corrected chi connectivity index (χ2v) is 4.98. The van der Waals surface area contributed by atoms with Crippen LogP contribution in [-0.4, -0.2) is 17.5 Å². The van der Waals surface area contributed by atoms with Crippen molar-refractivity contribution in [1.82, 2.24) is 0 Å². The first-order valence-corrected chi connectivity index (χ1v) is 5.61. The second kappa shape index (κ2) is 3.51. The fourth-order valence-corrected chi connectivity index (χ4v) is 2.54. The fourth-order valence-electron chi connectivity index (χ4n) is 2.54. The Balaban J connectivity index is 2.47. The van der Waals surface area contributed by atoms with Gasteiger partial charge < -0.3 is 10.6 Å². The minimum absolute atomic E-state index is 0.281. The van der Waals surface area contributed by atoms with Gasteiger partial charge in [-0.3, -0.25) is 4.79 Å². The molecule has 0 radical (unpaired) electrons. The van der Waals surface area contributed by atoms with Gasteiger partial charge in [-0.1, -0.05) is 18.2 Å². The minimum Gasteiger partial charge on any atom is -0.368 e. The van der Waals surface area contributed by atoms with E-state index in [0.29, 0.717) is 6.04 Å². The molecule has 2 rings (SSSR count). The van der Waals surface area contributed by atoms with Crippen molar-refractivity contribution in [2.45, 2.75) is 38.8 Å². The number of para-hydroxylation sites is 1. The van der Waals surface area contributed by atoms with Crippen molar-refractivity contribution in [3.63, 3.8) is 0 Å². The molecule has 1 heterocycles. The van der Waals surface area contributed by atoms with Crippen LogP contribution in [0.15, 0.2) is 24.3 Å². The summed E-state index contributed by atoms with van der Waals surface area (Å²) >= 11 is 0. The van der Waals surface area contributed by atoms with Gasteiger partial charge in [0.1, 0.15) is 5.54 Å². The molecule has 1 atom stereocenters. The predicted octanol–water partition coefficient (Wildman–Crippen LogP) is 1.70. The molecule has 3 nitrogen and oxygen atoms in total. The quantitative estimate of drug-likeness (QED) is 0.821. The lowest BCUT2D eigenvalue weighted by Crippen LogP contribution is -2.55. The number of carbonyl (C=O) groups excluding carboxylic acids is 1. The van der Waals surface area contributed by atoms with E-state index in [1.165, 1.54) is 5.56 Å². The van der Waals surface area contributed by atoms with Crippen molar-refractivity contribution in [3.8, 4) is 0 Å². The van der Waals surface area contributed by atoms with Crippen LogP contribution in [0, 0.1) is 0 Å². The molecule has 0 saturated heterocycles. The molecule has 1 aromatic rings. The van der Waals surface area contributed by atoms with Crippen LogP contribution in [0.1, 0.15) is 26.3 Å². The summed E-state index contributed by atoms with van der Waals surface area (Å²) in [6.45, 7) is 5.90. The molecule has 0 saturated carbocycles. The van der Waals surface area contributed by atoms with E-state index in [1.807, 2.05) is 26.0 Å². The number of carbonyl (C=O) groups is 1. The summed E-state index contributed by atoms with van der Waals surface area (Å²) in [6, 6.07) is 8.53. The first-order valence-electron chi connectivity index (χ1n) is 5.61. The Bertz CT molecular complexity index is 426. The van der Waals surface area contributed by atoms with Crippen molar-refractivity contribution in [1.29, 1.82) is 0 Å². The summed E-state index contributed by atoms with van der Waals surface area (Å²) in [5.74, 6) is -0.281. The topological polar surface area (TPSA) is 46.3 Å². The van der Waals surface area contributed by atoms with Crippen LogP contribution in [0.25, 0.3) is 0 Å². The summed E-state index contributed by atoms with van der Waals surface area (Å²) < 4.78 is 0. The number of anilines is 1. The molecule has 0 bridgehead atoms. The van der Waals surface area contributed by atoms with Gasteiger partial charge in [-0.2, -0.15) is 0 Å². The summed E-state index contributed by atoms with van der Waals surface area (Å²) in [5.41, 5.74) is 7.29. The maximum atomic E-state index is 11.5. The molecule has 0 aromatic heterocycles. The van der Waals surface area contributed by atoms with Crippen LogP contribution in [0.2, 0.25) is 0 Å². The molecular formula is C13H18N2O. The highest BCUT2D eigenvalue weighted by atomic mass is 16.1. The number of benzene rings is 1. The van der Waals surface area contributed by atoms with Crippen LogP contribution in [0.3, 0.4) is 0 Å². The maximum absolute atomic E-state index is 11.5. The van der Waals surface area contributed by atoms with E-state index in [0.717, 1.165) is 12.1 Å². The van der Waals surface area contributed by atoms with Crippen molar-refractivity contribution >= 4 is 11.6 Å². The molecule has 0 spiro atoms. The zero-order valence-electron chi connectivity index (χ0n) is 10.0. The zero-order chi connectivity index (χ0) is 11.9. The van der Waals surface area contributed by atoms with E-state index in [4.69, 9.17) is 5.73 Å². The number of nitrogens with zero attached hydrogens (tertiary/aromatic N) is 1. The Morgan fingerprint density at radius 3 is 2.69 bits per heavy atom. The SMILES string of the molecule is CC1Cc2ccccc2N1C(C)(C)C(N)=O. The van der Waals surface area contributed by atoms with Crippen molar-refractivity contribution in [2.24, 2.45) is 5.73 Å². The number of amides is 1. The molecule has 1 aromatic carbocycles. The second-order valence-electron chi connectivity index (χ2n) is 4.98. The van der Waals surface area contributed by atoms with Crippen LogP contribution < -0.4 is 10.6 Å². The average Bonchev–Trinajstić information content (AvgIpc) is 2.53. The van der Waals surface area contributed by atoms with E-state index >= 15 is 0 Å². The standard InChI is InChI=1S/C13H18N2O/c1-9-8-10-6-4-5-7-11(10)15(9)13(2,3)12(14)16/h4-7,9H,8H2,1-3H3,(H2,14,16). The van der Waals surface area contributed by atoms with E-state index in [1.54, 1.807) is 0 Å². The van der Waals surface area contributed by atoms with Gasteiger partial charge in [-0.15, -0.1) is 0 Å². The van der Waals surface area contributed by atoms with Gasteiger partial charge in [0.2, 0.25) is 5.91 Å². The number of rotatable bonds is 2. The third-order valence-electron chi connectivity index (χ3n) is 3.41. The van der Waals surface area contributed by atoms with Gasteiger partial charge in [0.15, 0.2) is 0 Å². The van der Waals surface area contributed by atoms with E-state index in [2.05, 4.69) is 24.0 Å². The van der Waals surface area contributed by atoms with Gasteiger partial charge in [0.05, 0.1) is 0 Å². The molecule has 1 amide bonds.